The predicted molar refractivity (Wildman–Crippen MR) is 90.0 cm³/mol. The second-order valence-corrected chi connectivity index (χ2v) is 7.50. The van der Waals surface area contributed by atoms with Gasteiger partial charge in [-0.3, -0.25) is 9.59 Å². The van der Waals surface area contributed by atoms with Crippen LogP contribution in [0.4, 0.5) is 0 Å². The highest BCUT2D eigenvalue weighted by Crippen LogP contribution is 2.24. The molecule has 1 aromatic heterocycles. The lowest BCUT2D eigenvalue weighted by atomic mass is 9.98. The van der Waals surface area contributed by atoms with Crippen molar-refractivity contribution in [1.29, 1.82) is 0 Å². The summed E-state index contributed by atoms with van der Waals surface area (Å²) in [5.41, 5.74) is 1.80. The number of carbonyl (C=O) groups is 2. The van der Waals surface area contributed by atoms with E-state index in [0.717, 1.165) is 19.8 Å². The van der Waals surface area contributed by atoms with Crippen molar-refractivity contribution in [2.24, 2.45) is 0 Å². The molecule has 1 amide bonds. The fourth-order valence-electron chi connectivity index (χ4n) is 2.24. The van der Waals surface area contributed by atoms with E-state index in [1.807, 2.05) is 43.3 Å². The fourth-order valence-corrected chi connectivity index (χ4v) is 3.72. The number of carboxylic acids is 1. The molecule has 1 heterocycles. The number of carbonyl (C=O) groups excluding carboxylic acids is 1. The molecule has 0 saturated heterocycles. The Labute approximate surface area is 141 Å². The summed E-state index contributed by atoms with van der Waals surface area (Å²) in [6, 6.07) is 10.8. The van der Waals surface area contributed by atoms with Gasteiger partial charge in [0.25, 0.3) is 0 Å². The van der Waals surface area contributed by atoms with Crippen LogP contribution in [0.1, 0.15) is 28.5 Å². The molecule has 0 bridgehead atoms. The Morgan fingerprint density at radius 3 is 2.59 bits per heavy atom. The second-order valence-electron chi connectivity index (χ2n) is 4.96. The largest absolute Gasteiger partial charge is 0.481 e. The maximum Gasteiger partial charge on any atom is 0.305 e. The molecule has 2 aromatic rings. The minimum atomic E-state index is -0.938. The van der Waals surface area contributed by atoms with Crippen LogP contribution in [0, 0.1) is 6.92 Å². The zero-order valence-electron chi connectivity index (χ0n) is 12.0. The molecule has 6 heteroatoms. The molecule has 2 N–H and O–H groups in total. The lowest BCUT2D eigenvalue weighted by Crippen LogP contribution is -2.31. The van der Waals surface area contributed by atoms with Crippen molar-refractivity contribution >= 4 is 39.1 Å². The summed E-state index contributed by atoms with van der Waals surface area (Å²) < 4.78 is 0.969. The number of nitrogens with one attached hydrogen (secondary N) is 1. The highest BCUT2D eigenvalue weighted by molar-refractivity contribution is 9.11. The van der Waals surface area contributed by atoms with Crippen LogP contribution in [-0.2, 0) is 16.0 Å². The van der Waals surface area contributed by atoms with E-state index in [1.165, 1.54) is 11.3 Å². The summed E-state index contributed by atoms with van der Waals surface area (Å²) in [5.74, 6) is -1.11. The van der Waals surface area contributed by atoms with Crippen LogP contribution in [-0.4, -0.2) is 17.0 Å². The average molecular weight is 382 g/mol. The predicted octanol–water partition coefficient (Wildman–Crippen LogP) is 3.69. The molecule has 22 heavy (non-hydrogen) atoms. The van der Waals surface area contributed by atoms with Gasteiger partial charge >= 0.3 is 5.97 Å². The van der Waals surface area contributed by atoms with Gasteiger partial charge in [0.15, 0.2) is 0 Å². The number of hydrogen-bond acceptors (Lipinski definition) is 3. The minimum absolute atomic E-state index is 0.134. The average Bonchev–Trinajstić information content (AvgIpc) is 2.83. The molecule has 0 aliphatic heterocycles. The SMILES string of the molecule is Cc1ccccc1C(CC(=O)O)NC(=O)Cc1ccc(Br)s1. The van der Waals surface area contributed by atoms with Gasteiger partial charge in [0.2, 0.25) is 5.91 Å². The summed E-state index contributed by atoms with van der Waals surface area (Å²) in [6.07, 6.45) is 0.114. The molecule has 1 aromatic carbocycles. The lowest BCUT2D eigenvalue weighted by Gasteiger charge is -2.19. The molecule has 1 unspecified atom stereocenters. The van der Waals surface area contributed by atoms with Gasteiger partial charge in [-0.15, -0.1) is 11.3 Å². The van der Waals surface area contributed by atoms with Crippen LogP contribution in [0.15, 0.2) is 40.2 Å². The van der Waals surface area contributed by atoms with E-state index >= 15 is 0 Å². The number of rotatable bonds is 6. The molecule has 0 aliphatic rings. The lowest BCUT2D eigenvalue weighted by molar-refractivity contribution is -0.137. The number of benzene rings is 1. The summed E-state index contributed by atoms with van der Waals surface area (Å²) in [5, 5.41) is 11.9. The Bertz CT molecular complexity index is 684. The number of hydrogen-bond donors (Lipinski definition) is 2. The minimum Gasteiger partial charge on any atom is -0.481 e. The first kappa shape index (κ1) is 16.7. The molecule has 116 valence electrons. The van der Waals surface area contributed by atoms with E-state index < -0.39 is 12.0 Å². The third-order valence-electron chi connectivity index (χ3n) is 3.24. The van der Waals surface area contributed by atoms with Crippen molar-refractivity contribution in [2.45, 2.75) is 25.8 Å². The van der Waals surface area contributed by atoms with E-state index in [2.05, 4.69) is 21.2 Å². The van der Waals surface area contributed by atoms with Crippen molar-refractivity contribution in [1.82, 2.24) is 5.32 Å². The highest BCUT2D eigenvalue weighted by atomic mass is 79.9. The monoisotopic (exact) mass is 381 g/mol. The molecule has 1 atom stereocenters. The number of halogens is 1. The van der Waals surface area contributed by atoms with Crippen molar-refractivity contribution in [3.63, 3.8) is 0 Å². The Morgan fingerprint density at radius 2 is 2.00 bits per heavy atom. The number of thiophene rings is 1. The summed E-state index contributed by atoms with van der Waals surface area (Å²) >= 11 is 4.86. The van der Waals surface area contributed by atoms with Crippen molar-refractivity contribution in [3.05, 3.63) is 56.2 Å². The number of aryl methyl sites for hydroxylation is 1. The first-order valence-corrected chi connectivity index (χ1v) is 8.37. The molecule has 0 fully saturated rings. The summed E-state index contributed by atoms with van der Waals surface area (Å²) in [7, 11) is 0. The quantitative estimate of drug-likeness (QED) is 0.801. The maximum absolute atomic E-state index is 12.2. The first-order valence-electron chi connectivity index (χ1n) is 6.76. The normalized spacial score (nSPS) is 11.9. The molecule has 0 aliphatic carbocycles. The van der Waals surface area contributed by atoms with Crippen LogP contribution in [0.25, 0.3) is 0 Å². The third kappa shape index (κ3) is 4.68. The summed E-state index contributed by atoms with van der Waals surface area (Å²) in [6.45, 7) is 1.91. The molecule has 0 saturated carbocycles. The van der Waals surface area contributed by atoms with E-state index in [1.54, 1.807) is 0 Å². The van der Waals surface area contributed by atoms with E-state index in [4.69, 9.17) is 5.11 Å². The molecule has 0 spiro atoms. The van der Waals surface area contributed by atoms with Gasteiger partial charge in [-0.1, -0.05) is 24.3 Å². The van der Waals surface area contributed by atoms with E-state index in [9.17, 15) is 9.59 Å². The standard InChI is InChI=1S/C16H16BrNO3S/c1-10-4-2-3-5-12(10)13(9-16(20)21)18-15(19)8-11-6-7-14(17)22-11/h2-7,13H,8-9H2,1H3,(H,18,19)(H,20,21). The van der Waals surface area contributed by atoms with Crippen LogP contribution in [0.2, 0.25) is 0 Å². The van der Waals surface area contributed by atoms with Crippen LogP contribution in [0.3, 0.4) is 0 Å². The first-order chi connectivity index (χ1) is 10.5. The Morgan fingerprint density at radius 1 is 1.27 bits per heavy atom. The third-order valence-corrected chi connectivity index (χ3v) is 4.87. The van der Waals surface area contributed by atoms with Crippen molar-refractivity contribution < 1.29 is 14.7 Å². The van der Waals surface area contributed by atoms with Crippen molar-refractivity contribution in [2.75, 3.05) is 0 Å². The topological polar surface area (TPSA) is 66.4 Å². The summed E-state index contributed by atoms with van der Waals surface area (Å²) in [4.78, 5) is 24.2. The molecule has 2 rings (SSSR count). The van der Waals surface area contributed by atoms with Crippen LogP contribution < -0.4 is 5.32 Å². The van der Waals surface area contributed by atoms with Crippen LogP contribution in [0.5, 0.6) is 0 Å². The molecular weight excluding hydrogens is 366 g/mol. The van der Waals surface area contributed by atoms with E-state index in [0.29, 0.717) is 0 Å². The van der Waals surface area contributed by atoms with Gasteiger partial charge in [0.1, 0.15) is 0 Å². The highest BCUT2D eigenvalue weighted by Gasteiger charge is 2.19. The van der Waals surface area contributed by atoms with Gasteiger partial charge in [-0.2, -0.15) is 0 Å². The van der Waals surface area contributed by atoms with Gasteiger partial charge in [0, 0.05) is 4.88 Å². The zero-order valence-corrected chi connectivity index (χ0v) is 14.4. The Hall–Kier alpha value is -1.66. The van der Waals surface area contributed by atoms with Crippen molar-refractivity contribution in [3.8, 4) is 0 Å². The fraction of sp³-hybridized carbons (Fsp3) is 0.250. The number of carboxylic acid groups (broad SMARTS) is 1. The van der Waals surface area contributed by atoms with Gasteiger partial charge < -0.3 is 10.4 Å². The molecule has 4 nitrogen and oxygen atoms in total. The zero-order chi connectivity index (χ0) is 16.1. The smallest absolute Gasteiger partial charge is 0.305 e. The number of aliphatic carboxylic acids is 1. The van der Waals surface area contributed by atoms with Crippen LogP contribution >= 0.6 is 27.3 Å². The van der Waals surface area contributed by atoms with E-state index in [-0.39, 0.29) is 18.7 Å². The molecule has 0 radical (unpaired) electrons. The van der Waals surface area contributed by atoms with Gasteiger partial charge in [-0.05, 0) is 46.1 Å². The maximum atomic E-state index is 12.2. The number of amides is 1. The second kappa shape index (κ2) is 7.56. The Kier molecular flexibility index (Phi) is 5.74. The van der Waals surface area contributed by atoms with Gasteiger partial charge in [0.05, 0.1) is 22.7 Å². The molecular formula is C16H16BrNO3S. The van der Waals surface area contributed by atoms with Gasteiger partial charge in [-0.25, -0.2) is 0 Å². The Balaban J connectivity index is 2.11.